The molecule has 0 heterocycles. The van der Waals surface area contributed by atoms with Crippen molar-refractivity contribution in [2.75, 3.05) is 19.8 Å². The van der Waals surface area contributed by atoms with Crippen LogP contribution < -0.4 is 5.73 Å². The third kappa shape index (κ3) is 3.50. The third-order valence-corrected chi connectivity index (χ3v) is 6.82. The van der Waals surface area contributed by atoms with E-state index in [1.807, 2.05) is 19.2 Å². The lowest BCUT2D eigenvalue weighted by atomic mass is 9.94. The molecule has 1 aliphatic carbocycles. The Balaban J connectivity index is 2.27. The summed E-state index contributed by atoms with van der Waals surface area (Å²) >= 11 is 3.47. The Morgan fingerprint density at radius 3 is 2.76 bits per heavy atom. The van der Waals surface area contributed by atoms with Crippen molar-refractivity contribution in [2.45, 2.75) is 36.6 Å². The first kappa shape index (κ1) is 16.9. The van der Waals surface area contributed by atoms with Crippen molar-refractivity contribution in [3.8, 4) is 0 Å². The molecule has 1 aromatic rings. The minimum atomic E-state index is -3.10. The van der Waals surface area contributed by atoms with Crippen LogP contribution in [0.5, 0.6) is 0 Å². The van der Waals surface area contributed by atoms with Crippen LogP contribution in [0.4, 0.5) is 0 Å². The molecule has 2 N–H and O–H groups in total. The van der Waals surface area contributed by atoms with Gasteiger partial charge in [0.2, 0.25) is 0 Å². The Kier molecular flexibility index (Phi) is 5.13. The van der Waals surface area contributed by atoms with E-state index in [-0.39, 0.29) is 5.25 Å². The van der Waals surface area contributed by atoms with Crippen molar-refractivity contribution in [1.82, 2.24) is 4.90 Å². The van der Waals surface area contributed by atoms with Gasteiger partial charge in [0.05, 0.1) is 5.25 Å². The van der Waals surface area contributed by atoms with E-state index in [4.69, 9.17) is 5.73 Å². The average molecular weight is 375 g/mol. The molecule has 0 saturated heterocycles. The van der Waals surface area contributed by atoms with Gasteiger partial charge in [-0.25, -0.2) is 8.42 Å². The van der Waals surface area contributed by atoms with E-state index in [0.29, 0.717) is 19.5 Å². The largest absolute Gasteiger partial charge is 0.329 e. The zero-order valence-electron chi connectivity index (χ0n) is 12.5. The second-order valence-corrected chi connectivity index (χ2v) is 9.15. The molecule has 1 fully saturated rings. The van der Waals surface area contributed by atoms with Crippen LogP contribution in [0.25, 0.3) is 0 Å². The number of rotatable bonds is 5. The smallest absolute Gasteiger partial charge is 0.152 e. The van der Waals surface area contributed by atoms with Crippen molar-refractivity contribution in [1.29, 1.82) is 0 Å². The predicted molar refractivity (Wildman–Crippen MR) is 89.9 cm³/mol. The number of nitrogens with two attached hydrogens (primary N) is 1. The van der Waals surface area contributed by atoms with Gasteiger partial charge in [-0.05, 0) is 37.6 Å². The second-order valence-electron chi connectivity index (χ2n) is 6.00. The molecule has 2 unspecified atom stereocenters. The number of hydrogen-bond donors (Lipinski definition) is 1. The first-order valence-electron chi connectivity index (χ1n) is 7.14. The zero-order chi connectivity index (χ0) is 15.7. The highest BCUT2D eigenvalue weighted by molar-refractivity contribution is 9.10. The van der Waals surface area contributed by atoms with E-state index < -0.39 is 15.4 Å². The molecule has 6 heteroatoms. The number of nitrogens with zero attached hydrogens (tertiary/aromatic N) is 1. The van der Waals surface area contributed by atoms with Crippen LogP contribution in [-0.2, 0) is 16.4 Å². The molecular formula is C15H23BrN2O2S. The van der Waals surface area contributed by atoms with Gasteiger partial charge in [-0.3, -0.25) is 4.90 Å². The van der Waals surface area contributed by atoms with Gasteiger partial charge in [0.15, 0.2) is 9.84 Å². The van der Waals surface area contributed by atoms with Crippen molar-refractivity contribution in [2.24, 2.45) is 5.73 Å². The molecule has 0 amide bonds. The first-order valence-corrected chi connectivity index (χ1v) is 9.89. The molecule has 2 atom stereocenters. The van der Waals surface area contributed by atoms with Crippen LogP contribution in [0.2, 0.25) is 0 Å². The summed E-state index contributed by atoms with van der Waals surface area (Å²) in [6, 6.07) is 8.09. The maximum Gasteiger partial charge on any atom is 0.152 e. The number of sulfone groups is 1. The molecule has 118 valence electrons. The maximum atomic E-state index is 12.1. The van der Waals surface area contributed by atoms with Gasteiger partial charge in [-0.1, -0.05) is 34.5 Å². The van der Waals surface area contributed by atoms with Gasteiger partial charge in [0, 0.05) is 29.4 Å². The summed E-state index contributed by atoms with van der Waals surface area (Å²) in [4.78, 5) is 2.13. The first-order chi connectivity index (χ1) is 9.79. The molecule has 2 rings (SSSR count). The van der Waals surface area contributed by atoms with E-state index >= 15 is 0 Å². The van der Waals surface area contributed by atoms with Crippen LogP contribution in [0.15, 0.2) is 28.7 Å². The minimum absolute atomic E-state index is 0.368. The van der Waals surface area contributed by atoms with E-state index in [0.717, 1.165) is 22.9 Å². The van der Waals surface area contributed by atoms with Crippen LogP contribution in [-0.4, -0.2) is 44.0 Å². The highest BCUT2D eigenvalue weighted by Crippen LogP contribution is 2.39. The van der Waals surface area contributed by atoms with Gasteiger partial charge in [-0.2, -0.15) is 0 Å². The molecule has 0 aromatic heterocycles. The van der Waals surface area contributed by atoms with Gasteiger partial charge >= 0.3 is 0 Å². The summed E-state index contributed by atoms with van der Waals surface area (Å²) in [6.45, 7) is 1.07. The lowest BCUT2D eigenvalue weighted by Crippen LogP contribution is -2.58. The van der Waals surface area contributed by atoms with Crippen LogP contribution in [0, 0.1) is 0 Å². The van der Waals surface area contributed by atoms with E-state index in [2.05, 4.69) is 33.0 Å². The maximum absolute atomic E-state index is 12.1. The molecule has 0 bridgehead atoms. The van der Waals surface area contributed by atoms with Crippen LogP contribution in [0.3, 0.4) is 0 Å². The van der Waals surface area contributed by atoms with Crippen molar-refractivity contribution >= 4 is 25.8 Å². The Morgan fingerprint density at radius 1 is 1.48 bits per heavy atom. The number of halogens is 1. The normalized spacial score (nSPS) is 26.4. The summed E-state index contributed by atoms with van der Waals surface area (Å²) in [7, 11) is -1.12. The van der Waals surface area contributed by atoms with Crippen molar-refractivity contribution in [3.05, 3.63) is 34.3 Å². The molecule has 0 aliphatic heterocycles. The fraction of sp³-hybridized carbons (Fsp3) is 0.600. The lowest BCUT2D eigenvalue weighted by molar-refractivity contribution is 0.126. The summed E-state index contributed by atoms with van der Waals surface area (Å²) in [6.07, 6.45) is 3.79. The molecule has 0 spiro atoms. The van der Waals surface area contributed by atoms with E-state index in [1.54, 1.807) is 0 Å². The quantitative estimate of drug-likeness (QED) is 0.857. The second kappa shape index (κ2) is 6.36. The van der Waals surface area contributed by atoms with Gasteiger partial charge in [0.1, 0.15) is 0 Å². The highest BCUT2D eigenvalue weighted by atomic mass is 79.9. The Morgan fingerprint density at radius 2 is 2.19 bits per heavy atom. The number of benzene rings is 1. The molecule has 1 aliphatic rings. The summed E-state index contributed by atoms with van der Waals surface area (Å²) in [5, 5.41) is -0.368. The summed E-state index contributed by atoms with van der Waals surface area (Å²) in [5.74, 6) is 0. The fourth-order valence-electron chi connectivity index (χ4n) is 3.53. The van der Waals surface area contributed by atoms with Crippen LogP contribution in [0.1, 0.15) is 24.8 Å². The molecule has 1 aromatic carbocycles. The predicted octanol–water partition coefficient (Wildman–Crippen LogP) is 2.18. The zero-order valence-corrected chi connectivity index (χ0v) is 15.0. The molecule has 1 saturated carbocycles. The van der Waals surface area contributed by atoms with Gasteiger partial charge in [0.25, 0.3) is 0 Å². The number of hydrogen-bond acceptors (Lipinski definition) is 4. The fourth-order valence-corrected chi connectivity index (χ4v) is 5.76. The summed E-state index contributed by atoms with van der Waals surface area (Å²) < 4.78 is 25.3. The lowest BCUT2D eigenvalue weighted by Gasteiger charge is -2.42. The molecular weight excluding hydrogens is 352 g/mol. The SMILES string of the molecule is CN(Cc1cccc(Br)c1)C1(CN)CCCC1S(C)(=O)=O. The Bertz CT molecular complexity index is 605. The molecule has 0 radical (unpaired) electrons. The van der Waals surface area contributed by atoms with Crippen molar-refractivity contribution < 1.29 is 8.42 Å². The van der Waals surface area contributed by atoms with E-state index in [1.165, 1.54) is 6.26 Å². The van der Waals surface area contributed by atoms with Gasteiger partial charge < -0.3 is 5.73 Å². The monoisotopic (exact) mass is 374 g/mol. The minimum Gasteiger partial charge on any atom is -0.329 e. The Hall–Kier alpha value is -0.430. The van der Waals surface area contributed by atoms with E-state index in [9.17, 15) is 8.42 Å². The molecule has 21 heavy (non-hydrogen) atoms. The average Bonchev–Trinajstić information content (AvgIpc) is 2.83. The van der Waals surface area contributed by atoms with Gasteiger partial charge in [-0.15, -0.1) is 0 Å². The Labute approximate surface area is 135 Å². The topological polar surface area (TPSA) is 63.4 Å². The molecule has 4 nitrogen and oxygen atoms in total. The van der Waals surface area contributed by atoms with Crippen LogP contribution >= 0.6 is 15.9 Å². The third-order valence-electron chi connectivity index (χ3n) is 4.61. The number of likely N-dealkylation sites (N-methyl/N-ethyl adjacent to an activating group) is 1. The van der Waals surface area contributed by atoms with Crippen molar-refractivity contribution in [3.63, 3.8) is 0 Å². The standard InChI is InChI=1S/C15H23BrN2O2S/c1-18(10-12-5-3-6-13(16)9-12)15(11-17)8-4-7-14(15)21(2,19)20/h3,5-6,9,14H,4,7-8,10-11,17H2,1-2H3. The summed E-state index contributed by atoms with van der Waals surface area (Å²) in [5.41, 5.74) is 6.73. The highest BCUT2D eigenvalue weighted by Gasteiger charge is 2.49.